The Morgan fingerprint density at radius 3 is 2.38 bits per heavy atom. The van der Waals surface area contributed by atoms with Crippen molar-refractivity contribution in [2.24, 2.45) is 5.92 Å². The van der Waals surface area contributed by atoms with Gasteiger partial charge in [0.05, 0.1) is 11.3 Å². The molecule has 0 saturated carbocycles. The Bertz CT molecular complexity index is 868. The van der Waals surface area contributed by atoms with Crippen LogP contribution in [0.25, 0.3) is 0 Å². The van der Waals surface area contributed by atoms with Gasteiger partial charge in [0.15, 0.2) is 6.73 Å². The lowest BCUT2D eigenvalue weighted by Gasteiger charge is -2.44. The molecule has 3 saturated heterocycles. The third-order valence-electron chi connectivity index (χ3n) is 5.55. The number of rotatable bonds is 5. The van der Waals surface area contributed by atoms with Crippen molar-refractivity contribution in [1.29, 1.82) is 0 Å². The molecule has 29 heavy (non-hydrogen) atoms. The molecule has 5 rings (SSSR count). The first-order valence-electron chi connectivity index (χ1n) is 9.79. The van der Waals surface area contributed by atoms with Crippen LogP contribution >= 0.6 is 0 Å². The minimum absolute atomic E-state index is 0.0136. The lowest BCUT2D eigenvalue weighted by Crippen LogP contribution is -2.53. The van der Waals surface area contributed by atoms with Gasteiger partial charge in [-0.3, -0.25) is 4.90 Å². The number of nitrogens with zero attached hydrogens (tertiary/aromatic N) is 2. The zero-order valence-corrected chi connectivity index (χ0v) is 16.0. The summed E-state index contributed by atoms with van der Waals surface area (Å²) in [6.45, 7) is 2.29. The van der Waals surface area contributed by atoms with Crippen LogP contribution in [0.2, 0.25) is 0 Å². The number of benzene rings is 2. The number of amides is 1. The summed E-state index contributed by atoms with van der Waals surface area (Å²) in [6, 6.07) is 14.3. The van der Waals surface area contributed by atoms with E-state index < -0.39 is 24.6 Å². The number of esters is 1. The zero-order valence-electron chi connectivity index (χ0n) is 16.0. The van der Waals surface area contributed by atoms with E-state index in [4.69, 9.17) is 9.47 Å². The Labute approximate surface area is 168 Å². The maximum Gasteiger partial charge on any atom is 0.417 e. The Hall–Kier alpha value is -2.93. The van der Waals surface area contributed by atoms with E-state index in [0.29, 0.717) is 18.0 Å². The summed E-state index contributed by atoms with van der Waals surface area (Å²) in [5, 5.41) is 0. The Morgan fingerprint density at radius 1 is 1.03 bits per heavy atom. The van der Waals surface area contributed by atoms with Gasteiger partial charge in [-0.15, -0.1) is 0 Å². The smallest absolute Gasteiger partial charge is 0.417 e. The van der Waals surface area contributed by atoms with Crippen molar-refractivity contribution in [2.75, 3.05) is 31.3 Å². The molecule has 0 unspecified atom stereocenters. The van der Waals surface area contributed by atoms with Crippen LogP contribution in [0.3, 0.4) is 0 Å². The van der Waals surface area contributed by atoms with Crippen molar-refractivity contribution < 1.29 is 23.5 Å². The van der Waals surface area contributed by atoms with E-state index in [1.165, 1.54) is 18.2 Å². The molecule has 0 N–H and O–H groups in total. The van der Waals surface area contributed by atoms with Crippen molar-refractivity contribution in [2.45, 2.75) is 18.9 Å². The van der Waals surface area contributed by atoms with E-state index >= 15 is 0 Å². The van der Waals surface area contributed by atoms with Crippen LogP contribution in [0.4, 0.5) is 14.9 Å². The predicted octanol–water partition coefficient (Wildman–Crippen LogP) is 3.68. The lowest BCUT2D eigenvalue weighted by molar-refractivity contribution is -0.0323. The van der Waals surface area contributed by atoms with Gasteiger partial charge in [0.1, 0.15) is 11.9 Å². The first-order chi connectivity index (χ1) is 14.1. The highest BCUT2D eigenvalue weighted by molar-refractivity contribution is 5.91. The maximum absolute atomic E-state index is 14.4. The van der Waals surface area contributed by atoms with E-state index in [-0.39, 0.29) is 11.8 Å². The van der Waals surface area contributed by atoms with Crippen molar-refractivity contribution in [1.82, 2.24) is 4.90 Å². The first kappa shape index (κ1) is 19.4. The number of ether oxygens (including phenoxy) is 2. The third-order valence-corrected chi connectivity index (χ3v) is 5.55. The minimum atomic E-state index is -0.713. The Kier molecular flexibility index (Phi) is 5.76. The van der Waals surface area contributed by atoms with Crippen molar-refractivity contribution in [3.63, 3.8) is 0 Å². The number of hydrogen-bond acceptors (Lipinski definition) is 5. The molecular weight excluding hydrogens is 375 g/mol. The minimum Gasteiger partial charge on any atom is -0.444 e. The molecule has 2 bridgehead atoms. The molecule has 3 fully saturated rings. The number of hydrogen-bond donors (Lipinski definition) is 0. The fourth-order valence-corrected chi connectivity index (χ4v) is 3.91. The molecule has 0 radical (unpaired) electrons. The van der Waals surface area contributed by atoms with Gasteiger partial charge in [0.25, 0.3) is 0 Å². The molecule has 2 aromatic rings. The van der Waals surface area contributed by atoms with Crippen LogP contribution in [-0.2, 0) is 9.47 Å². The average molecular weight is 398 g/mol. The summed E-state index contributed by atoms with van der Waals surface area (Å²) < 4.78 is 25.4. The summed E-state index contributed by atoms with van der Waals surface area (Å²) in [5.74, 6) is -0.866. The number of para-hydroxylation sites is 1. The summed E-state index contributed by atoms with van der Waals surface area (Å²) >= 11 is 0. The number of fused-ring (bicyclic) bond motifs is 3. The Morgan fingerprint density at radius 2 is 1.72 bits per heavy atom. The van der Waals surface area contributed by atoms with Crippen molar-refractivity contribution in [3.8, 4) is 0 Å². The Balaban J connectivity index is 1.48. The second-order valence-electron chi connectivity index (χ2n) is 7.37. The molecule has 152 valence electrons. The molecule has 3 aliphatic heterocycles. The second kappa shape index (κ2) is 8.61. The molecule has 1 amide bonds. The van der Waals surface area contributed by atoms with E-state index in [1.807, 2.05) is 0 Å². The van der Waals surface area contributed by atoms with Crippen LogP contribution < -0.4 is 4.90 Å². The van der Waals surface area contributed by atoms with Crippen LogP contribution in [0, 0.1) is 11.7 Å². The van der Waals surface area contributed by atoms with Crippen molar-refractivity contribution in [3.05, 3.63) is 66.0 Å². The van der Waals surface area contributed by atoms with E-state index in [9.17, 15) is 14.0 Å². The van der Waals surface area contributed by atoms with Crippen LogP contribution in [-0.4, -0.2) is 49.4 Å². The third kappa shape index (κ3) is 4.40. The second-order valence-corrected chi connectivity index (χ2v) is 7.37. The van der Waals surface area contributed by atoms with Crippen molar-refractivity contribution >= 4 is 17.7 Å². The quantitative estimate of drug-likeness (QED) is 0.568. The van der Waals surface area contributed by atoms with Gasteiger partial charge in [-0.2, -0.15) is 0 Å². The van der Waals surface area contributed by atoms with Gasteiger partial charge in [-0.25, -0.2) is 18.9 Å². The standard InChI is InChI=1S/C22H23FN2O4/c23-18-8-4-5-9-19(18)25(15-28-21(26)17-6-2-1-3-7-17)22(27)29-20-14-24-12-10-16(20)11-13-24/h1-9,16,20H,10-15H2/t20-/m0/s1. The average Bonchev–Trinajstić information content (AvgIpc) is 2.76. The number of carbonyl (C=O) groups excluding carboxylic acids is 2. The van der Waals surface area contributed by atoms with Crippen LogP contribution in [0.1, 0.15) is 23.2 Å². The first-order valence-corrected chi connectivity index (χ1v) is 9.79. The molecule has 0 aromatic heterocycles. The van der Waals surface area contributed by atoms with E-state index in [1.54, 1.807) is 36.4 Å². The van der Waals surface area contributed by atoms with Gasteiger partial charge in [-0.05, 0) is 56.1 Å². The van der Waals surface area contributed by atoms with Crippen LogP contribution in [0.5, 0.6) is 0 Å². The molecule has 7 heteroatoms. The number of carbonyl (C=O) groups is 2. The lowest BCUT2D eigenvalue weighted by atomic mass is 9.86. The molecular formula is C22H23FN2O4. The summed E-state index contributed by atoms with van der Waals surface area (Å²) in [5.41, 5.74) is 0.367. The highest BCUT2D eigenvalue weighted by atomic mass is 19.1. The zero-order chi connectivity index (χ0) is 20.2. The normalized spacial score (nSPS) is 22.7. The van der Waals surface area contributed by atoms with Gasteiger partial charge < -0.3 is 9.47 Å². The molecule has 0 aliphatic carbocycles. The van der Waals surface area contributed by atoms with Gasteiger partial charge in [0, 0.05) is 6.54 Å². The molecule has 6 nitrogen and oxygen atoms in total. The topological polar surface area (TPSA) is 59.1 Å². The number of halogens is 1. The molecule has 2 aromatic carbocycles. The monoisotopic (exact) mass is 398 g/mol. The maximum atomic E-state index is 14.4. The molecule has 1 atom stereocenters. The fourth-order valence-electron chi connectivity index (χ4n) is 3.91. The molecule has 0 spiro atoms. The number of anilines is 1. The molecule has 3 aliphatic rings. The number of piperidine rings is 3. The molecule has 3 heterocycles. The fraction of sp³-hybridized carbons (Fsp3) is 0.364. The summed E-state index contributed by atoms with van der Waals surface area (Å²) in [4.78, 5) is 28.5. The largest absolute Gasteiger partial charge is 0.444 e. The highest BCUT2D eigenvalue weighted by Crippen LogP contribution is 2.30. The van der Waals surface area contributed by atoms with Gasteiger partial charge >= 0.3 is 12.1 Å². The summed E-state index contributed by atoms with van der Waals surface area (Å²) in [7, 11) is 0. The van der Waals surface area contributed by atoms with E-state index in [0.717, 1.165) is 30.8 Å². The SMILES string of the molecule is O=C(OCN(C(=O)O[C@H]1CN2CCC1CC2)c1ccccc1F)c1ccccc1. The predicted molar refractivity (Wildman–Crippen MR) is 105 cm³/mol. The highest BCUT2D eigenvalue weighted by Gasteiger charge is 2.37. The van der Waals surface area contributed by atoms with Gasteiger partial charge in [-0.1, -0.05) is 30.3 Å². The van der Waals surface area contributed by atoms with Crippen LogP contribution in [0.15, 0.2) is 54.6 Å². The summed E-state index contributed by atoms with van der Waals surface area (Å²) in [6.07, 6.45) is 1.03. The van der Waals surface area contributed by atoms with E-state index in [2.05, 4.69) is 4.90 Å². The van der Waals surface area contributed by atoms with Gasteiger partial charge in [0.2, 0.25) is 0 Å².